The Hall–Kier alpha value is 0.150. The molecule has 1 N–H and O–H groups in total. The van der Waals surface area contributed by atoms with E-state index in [1.807, 2.05) is 20.8 Å². The number of hydrogen-bond acceptors (Lipinski definition) is 3. The molecule has 0 saturated heterocycles. The molecule has 4 heteroatoms. The van der Waals surface area contributed by atoms with E-state index in [0.717, 1.165) is 0 Å². The fourth-order valence-corrected chi connectivity index (χ4v) is 1.91. The topological polar surface area (TPSA) is 42.3 Å². The van der Waals surface area contributed by atoms with Crippen molar-refractivity contribution in [1.29, 1.82) is 5.16 Å². The Balaban J connectivity index is 3.83. The third-order valence-electron chi connectivity index (χ3n) is 1.09. The molecule has 0 aliphatic heterocycles. The Morgan fingerprint density at radius 1 is 1.10 bits per heavy atom. The minimum atomic E-state index is -2.20. The molecule has 3 nitrogen and oxygen atoms in total. The maximum absolute atomic E-state index is 7.64. The van der Waals surface area contributed by atoms with Crippen LogP contribution in [0, 0.1) is 5.16 Å². The Labute approximate surface area is 62.7 Å². The minimum Gasteiger partial charge on any atom is -0.324 e. The van der Waals surface area contributed by atoms with E-state index in [1.165, 1.54) is 0 Å². The van der Waals surface area contributed by atoms with E-state index in [2.05, 4.69) is 0 Å². The van der Waals surface area contributed by atoms with Crippen molar-refractivity contribution in [3.63, 3.8) is 0 Å². The van der Waals surface area contributed by atoms with Gasteiger partial charge in [-0.15, -0.1) is 0 Å². The standard InChI is InChI=1S/C6H16NO2P/c1-4-8-10(7,6-3)9-5-2/h7H,4-6H2,1-3H3. The Morgan fingerprint density at radius 2 is 1.50 bits per heavy atom. The lowest BCUT2D eigenvalue weighted by Gasteiger charge is -2.18. The molecule has 0 spiro atoms. The monoisotopic (exact) mass is 165 g/mol. The summed E-state index contributed by atoms with van der Waals surface area (Å²) in [5, 5.41) is 7.64. The van der Waals surface area contributed by atoms with E-state index >= 15 is 0 Å². The number of rotatable bonds is 5. The summed E-state index contributed by atoms with van der Waals surface area (Å²) in [6, 6.07) is 0. The van der Waals surface area contributed by atoms with Crippen LogP contribution in [0.3, 0.4) is 0 Å². The first-order valence-corrected chi connectivity index (χ1v) is 5.41. The van der Waals surface area contributed by atoms with E-state index in [0.29, 0.717) is 19.4 Å². The van der Waals surface area contributed by atoms with Crippen molar-refractivity contribution >= 4 is 7.51 Å². The molecule has 0 fully saturated rings. The molecular weight excluding hydrogens is 149 g/mol. The molecule has 0 aromatic carbocycles. The number of nitrogens with one attached hydrogen (secondary N) is 1. The van der Waals surface area contributed by atoms with Gasteiger partial charge in [0.1, 0.15) is 0 Å². The van der Waals surface area contributed by atoms with E-state index in [4.69, 9.17) is 14.2 Å². The highest BCUT2D eigenvalue weighted by Gasteiger charge is 2.13. The molecular formula is C6H16NO2P. The molecule has 0 rings (SSSR count). The fraction of sp³-hybridized carbons (Fsp3) is 1.00. The number of hydrogen-bond donors (Lipinski definition) is 1. The summed E-state index contributed by atoms with van der Waals surface area (Å²) in [5.74, 6) is 0. The molecule has 0 saturated carbocycles. The first kappa shape index (κ1) is 10.2. The van der Waals surface area contributed by atoms with Gasteiger partial charge in [-0.05, 0) is 13.8 Å². The largest absolute Gasteiger partial charge is 0.324 e. The lowest BCUT2D eigenvalue weighted by molar-refractivity contribution is 0.257. The fourth-order valence-electron chi connectivity index (χ4n) is 0.637. The maximum Gasteiger partial charge on any atom is 0.209 e. The summed E-state index contributed by atoms with van der Waals surface area (Å²) < 4.78 is 10.3. The summed E-state index contributed by atoms with van der Waals surface area (Å²) in [7, 11) is -2.20. The van der Waals surface area contributed by atoms with Gasteiger partial charge < -0.3 is 9.05 Å². The van der Waals surface area contributed by atoms with Crippen molar-refractivity contribution in [2.45, 2.75) is 20.8 Å². The molecule has 0 unspecified atom stereocenters. The molecule has 10 heavy (non-hydrogen) atoms. The van der Waals surface area contributed by atoms with E-state index < -0.39 is 7.51 Å². The van der Waals surface area contributed by atoms with Crippen molar-refractivity contribution in [3.8, 4) is 0 Å². The lowest BCUT2D eigenvalue weighted by Crippen LogP contribution is -1.96. The van der Waals surface area contributed by atoms with Crippen LogP contribution in [0.15, 0.2) is 0 Å². The Kier molecular flexibility index (Phi) is 4.96. The zero-order valence-electron chi connectivity index (χ0n) is 6.89. The summed E-state index contributed by atoms with van der Waals surface area (Å²) in [6.07, 6.45) is 0.675. The van der Waals surface area contributed by atoms with Crippen LogP contribution < -0.4 is 0 Å². The van der Waals surface area contributed by atoms with Gasteiger partial charge in [0, 0.05) is 6.16 Å². The molecule has 0 aliphatic carbocycles. The molecule has 0 aliphatic rings. The van der Waals surface area contributed by atoms with Crippen LogP contribution >= 0.6 is 7.51 Å². The first-order chi connectivity index (χ1) is 4.68. The van der Waals surface area contributed by atoms with Crippen molar-refractivity contribution in [2.24, 2.45) is 0 Å². The predicted octanol–water partition coefficient (Wildman–Crippen LogP) is 2.69. The van der Waals surface area contributed by atoms with Gasteiger partial charge in [-0.2, -0.15) is 0 Å². The highest BCUT2D eigenvalue weighted by Crippen LogP contribution is 2.47. The third-order valence-corrected chi connectivity index (χ3v) is 3.27. The van der Waals surface area contributed by atoms with Crippen molar-refractivity contribution < 1.29 is 9.05 Å². The molecule has 0 aromatic rings. The summed E-state index contributed by atoms with van der Waals surface area (Å²) in [4.78, 5) is 0. The Morgan fingerprint density at radius 3 is 1.70 bits per heavy atom. The van der Waals surface area contributed by atoms with Gasteiger partial charge in [0.25, 0.3) is 0 Å². The van der Waals surface area contributed by atoms with Gasteiger partial charge in [-0.25, -0.2) is 0 Å². The Bertz CT molecular complexity index is 117. The second-order valence-corrected chi connectivity index (χ2v) is 4.32. The normalized spacial score (nSPS) is 11.9. The van der Waals surface area contributed by atoms with Crippen molar-refractivity contribution in [2.75, 3.05) is 19.4 Å². The van der Waals surface area contributed by atoms with Crippen LogP contribution in [0.25, 0.3) is 0 Å². The molecule has 0 bridgehead atoms. The van der Waals surface area contributed by atoms with Gasteiger partial charge in [0.05, 0.1) is 13.2 Å². The average Bonchev–Trinajstić information content (AvgIpc) is 1.89. The quantitative estimate of drug-likeness (QED) is 0.636. The first-order valence-electron chi connectivity index (χ1n) is 3.60. The van der Waals surface area contributed by atoms with Crippen LogP contribution in [0.2, 0.25) is 0 Å². The second-order valence-electron chi connectivity index (χ2n) is 1.83. The lowest BCUT2D eigenvalue weighted by atomic mass is 10.9. The maximum atomic E-state index is 7.64. The second kappa shape index (κ2) is 4.89. The van der Waals surface area contributed by atoms with Crippen LogP contribution in [0.4, 0.5) is 0 Å². The van der Waals surface area contributed by atoms with E-state index in [9.17, 15) is 0 Å². The molecule has 62 valence electrons. The van der Waals surface area contributed by atoms with Crippen molar-refractivity contribution in [3.05, 3.63) is 0 Å². The average molecular weight is 165 g/mol. The molecule has 0 aromatic heterocycles. The van der Waals surface area contributed by atoms with Crippen LogP contribution in [0.5, 0.6) is 0 Å². The third kappa shape index (κ3) is 3.35. The summed E-state index contributed by atoms with van der Waals surface area (Å²) in [6.45, 7) is 6.85. The minimum absolute atomic E-state index is 0.575. The SMILES string of the molecule is CCOP(=N)(CC)OCC. The van der Waals surface area contributed by atoms with Gasteiger partial charge >= 0.3 is 0 Å². The molecule has 0 heterocycles. The molecule has 0 radical (unpaired) electrons. The van der Waals surface area contributed by atoms with E-state index in [1.54, 1.807) is 0 Å². The van der Waals surface area contributed by atoms with Gasteiger partial charge in [-0.3, -0.25) is 5.16 Å². The van der Waals surface area contributed by atoms with Gasteiger partial charge in [-0.1, -0.05) is 6.92 Å². The van der Waals surface area contributed by atoms with E-state index in [-0.39, 0.29) is 0 Å². The highest BCUT2D eigenvalue weighted by atomic mass is 31.2. The van der Waals surface area contributed by atoms with Crippen LogP contribution in [0.1, 0.15) is 20.8 Å². The van der Waals surface area contributed by atoms with Crippen LogP contribution in [-0.4, -0.2) is 19.4 Å². The van der Waals surface area contributed by atoms with Gasteiger partial charge in [0.15, 0.2) is 0 Å². The zero-order chi connectivity index (χ0) is 8.04. The predicted molar refractivity (Wildman–Crippen MR) is 43.4 cm³/mol. The highest BCUT2D eigenvalue weighted by molar-refractivity contribution is 7.55. The summed E-state index contributed by atoms with van der Waals surface area (Å²) in [5.41, 5.74) is 0. The van der Waals surface area contributed by atoms with Gasteiger partial charge in [0.2, 0.25) is 7.51 Å². The smallest absolute Gasteiger partial charge is 0.209 e. The zero-order valence-corrected chi connectivity index (χ0v) is 7.78. The summed E-state index contributed by atoms with van der Waals surface area (Å²) >= 11 is 0. The molecule has 0 atom stereocenters. The van der Waals surface area contributed by atoms with Crippen LogP contribution in [-0.2, 0) is 9.05 Å². The molecule has 0 amide bonds. The van der Waals surface area contributed by atoms with Crippen molar-refractivity contribution in [1.82, 2.24) is 0 Å².